The van der Waals surface area contributed by atoms with Crippen molar-refractivity contribution in [2.75, 3.05) is 0 Å². The van der Waals surface area contributed by atoms with Crippen LogP contribution in [0.4, 0.5) is 0 Å². The molecule has 0 bridgehead atoms. The Morgan fingerprint density at radius 3 is 2.19 bits per heavy atom. The fourth-order valence-electron chi connectivity index (χ4n) is 3.35. The van der Waals surface area contributed by atoms with E-state index in [2.05, 4.69) is 6.07 Å². The lowest BCUT2D eigenvalue weighted by atomic mass is 9.75. The van der Waals surface area contributed by atoms with Crippen LogP contribution in [-0.2, 0) is 22.6 Å². The maximum Gasteiger partial charge on any atom is 0.0871 e. The minimum atomic E-state index is -1.33. The normalized spacial score (nSPS) is 14.1. The van der Waals surface area contributed by atoms with Crippen LogP contribution in [0.5, 0.6) is 0 Å². The zero-order valence-corrected chi connectivity index (χ0v) is 16.5. The molecule has 0 aliphatic heterocycles. The molecule has 2 nitrogen and oxygen atoms in total. The van der Waals surface area contributed by atoms with Crippen molar-refractivity contribution < 1.29 is 4.21 Å². The smallest absolute Gasteiger partial charge is 0.0871 e. The molecule has 0 N–H and O–H groups in total. The Balaban J connectivity index is 2.08. The third kappa shape index (κ3) is 4.02. The standard InChI is InChI=1S/C24H23NOS/c1-3-24(18-25,17-20-9-5-4-6-10-20)22-11-7-8-12-23(22)27(26)21-15-13-19(2)14-16-21/h4-16H,3,17H2,1-2H3. The van der Waals surface area contributed by atoms with Gasteiger partial charge < -0.3 is 0 Å². The summed E-state index contributed by atoms with van der Waals surface area (Å²) in [6.07, 6.45) is 1.25. The SMILES string of the molecule is CCC(C#N)(Cc1ccccc1)c1ccccc1S(=O)c1ccc(C)cc1. The van der Waals surface area contributed by atoms with Gasteiger partial charge in [0.1, 0.15) is 0 Å². The van der Waals surface area contributed by atoms with Crippen molar-refractivity contribution in [1.29, 1.82) is 5.26 Å². The van der Waals surface area contributed by atoms with Gasteiger partial charge in [-0.15, -0.1) is 0 Å². The highest BCUT2D eigenvalue weighted by Gasteiger charge is 2.34. The minimum Gasteiger partial charge on any atom is -0.249 e. The van der Waals surface area contributed by atoms with Crippen LogP contribution in [0.1, 0.15) is 30.0 Å². The lowest BCUT2D eigenvalue weighted by molar-refractivity contribution is 0.515. The first-order valence-corrected chi connectivity index (χ1v) is 10.3. The van der Waals surface area contributed by atoms with E-state index in [9.17, 15) is 9.47 Å². The summed E-state index contributed by atoms with van der Waals surface area (Å²) in [4.78, 5) is 1.48. The Hall–Kier alpha value is -2.70. The van der Waals surface area contributed by atoms with Crippen LogP contribution in [0.3, 0.4) is 0 Å². The monoisotopic (exact) mass is 373 g/mol. The molecule has 0 spiro atoms. The molecule has 0 aromatic heterocycles. The molecule has 0 fully saturated rings. The van der Waals surface area contributed by atoms with E-state index < -0.39 is 16.2 Å². The van der Waals surface area contributed by atoms with E-state index in [0.29, 0.717) is 12.8 Å². The molecule has 3 heteroatoms. The van der Waals surface area contributed by atoms with E-state index in [-0.39, 0.29) is 0 Å². The van der Waals surface area contributed by atoms with Gasteiger partial charge in [-0.1, -0.05) is 73.2 Å². The summed E-state index contributed by atoms with van der Waals surface area (Å²) >= 11 is 0. The van der Waals surface area contributed by atoms with E-state index in [0.717, 1.165) is 26.5 Å². The molecular formula is C24H23NOS. The quantitative estimate of drug-likeness (QED) is 0.566. The van der Waals surface area contributed by atoms with Gasteiger partial charge in [0.15, 0.2) is 0 Å². The highest BCUT2D eigenvalue weighted by molar-refractivity contribution is 7.85. The first-order chi connectivity index (χ1) is 13.1. The van der Waals surface area contributed by atoms with E-state index in [4.69, 9.17) is 0 Å². The van der Waals surface area contributed by atoms with E-state index in [1.54, 1.807) is 0 Å². The molecule has 2 atom stereocenters. The second-order valence-corrected chi connectivity index (χ2v) is 8.24. The van der Waals surface area contributed by atoms with Crippen LogP contribution in [-0.4, -0.2) is 4.21 Å². The van der Waals surface area contributed by atoms with Crippen molar-refractivity contribution in [3.63, 3.8) is 0 Å². The lowest BCUT2D eigenvalue weighted by Gasteiger charge is -2.28. The molecule has 3 aromatic rings. The summed E-state index contributed by atoms with van der Waals surface area (Å²) < 4.78 is 13.3. The van der Waals surface area contributed by atoms with E-state index in [1.807, 2.05) is 92.7 Å². The lowest BCUT2D eigenvalue weighted by Crippen LogP contribution is -2.28. The molecule has 0 aliphatic carbocycles. The fourth-order valence-corrected chi connectivity index (χ4v) is 4.65. The molecule has 0 aliphatic rings. The van der Waals surface area contributed by atoms with Crippen molar-refractivity contribution in [1.82, 2.24) is 0 Å². The predicted octanol–water partition coefficient (Wildman–Crippen LogP) is 5.58. The van der Waals surface area contributed by atoms with Gasteiger partial charge >= 0.3 is 0 Å². The maximum absolute atomic E-state index is 13.3. The Morgan fingerprint density at radius 1 is 0.926 bits per heavy atom. The molecule has 27 heavy (non-hydrogen) atoms. The number of aryl methyl sites for hydroxylation is 1. The van der Waals surface area contributed by atoms with Gasteiger partial charge in [0, 0.05) is 9.79 Å². The third-order valence-corrected chi connectivity index (χ3v) is 6.46. The zero-order chi connectivity index (χ0) is 19.3. The minimum absolute atomic E-state index is 0.600. The Bertz CT molecular complexity index is 973. The molecule has 2 unspecified atom stereocenters. The maximum atomic E-state index is 13.3. The van der Waals surface area contributed by atoms with Crippen LogP contribution in [0, 0.1) is 18.3 Å². The average molecular weight is 374 g/mol. The highest BCUT2D eigenvalue weighted by atomic mass is 32.2. The largest absolute Gasteiger partial charge is 0.249 e. The first-order valence-electron chi connectivity index (χ1n) is 9.13. The van der Waals surface area contributed by atoms with Crippen molar-refractivity contribution in [3.05, 3.63) is 95.6 Å². The number of nitriles is 1. The predicted molar refractivity (Wildman–Crippen MR) is 110 cm³/mol. The Morgan fingerprint density at radius 2 is 1.56 bits per heavy atom. The van der Waals surface area contributed by atoms with Crippen LogP contribution < -0.4 is 0 Å². The molecule has 136 valence electrons. The fraction of sp³-hybridized carbons (Fsp3) is 0.208. The van der Waals surface area contributed by atoms with Gasteiger partial charge in [0.05, 0.1) is 22.3 Å². The van der Waals surface area contributed by atoms with Gasteiger partial charge in [-0.3, -0.25) is 0 Å². The Kier molecular flexibility index (Phi) is 5.88. The van der Waals surface area contributed by atoms with Gasteiger partial charge in [0.2, 0.25) is 0 Å². The molecular weight excluding hydrogens is 350 g/mol. The molecule has 0 saturated carbocycles. The van der Waals surface area contributed by atoms with Crippen LogP contribution >= 0.6 is 0 Å². The van der Waals surface area contributed by atoms with Crippen molar-refractivity contribution >= 4 is 10.8 Å². The van der Waals surface area contributed by atoms with Crippen LogP contribution in [0.15, 0.2) is 88.7 Å². The topological polar surface area (TPSA) is 40.9 Å². The molecule has 3 rings (SSSR count). The highest BCUT2D eigenvalue weighted by Crippen LogP contribution is 2.36. The van der Waals surface area contributed by atoms with Crippen molar-refractivity contribution in [3.8, 4) is 6.07 Å². The zero-order valence-electron chi connectivity index (χ0n) is 15.7. The van der Waals surface area contributed by atoms with Gasteiger partial charge in [-0.25, -0.2) is 4.21 Å². The molecule has 0 heterocycles. The summed E-state index contributed by atoms with van der Waals surface area (Å²) in [6, 6.07) is 28.0. The van der Waals surface area contributed by atoms with E-state index in [1.165, 1.54) is 0 Å². The number of hydrogen-bond acceptors (Lipinski definition) is 2. The number of nitrogens with zero attached hydrogens (tertiary/aromatic N) is 1. The number of rotatable bonds is 6. The van der Waals surface area contributed by atoms with Crippen molar-refractivity contribution in [2.45, 2.75) is 41.9 Å². The van der Waals surface area contributed by atoms with Gasteiger partial charge in [-0.2, -0.15) is 5.26 Å². The summed E-state index contributed by atoms with van der Waals surface area (Å²) in [5.41, 5.74) is 2.39. The van der Waals surface area contributed by atoms with Crippen LogP contribution in [0.2, 0.25) is 0 Å². The molecule has 3 aromatic carbocycles. The third-order valence-electron chi connectivity index (χ3n) is 5.00. The second kappa shape index (κ2) is 8.33. The van der Waals surface area contributed by atoms with Gasteiger partial charge in [-0.05, 0) is 49.1 Å². The molecule has 0 saturated heterocycles. The average Bonchev–Trinajstić information content (AvgIpc) is 2.73. The van der Waals surface area contributed by atoms with Gasteiger partial charge in [0.25, 0.3) is 0 Å². The molecule has 0 amide bonds. The first kappa shape index (κ1) is 19.1. The number of benzene rings is 3. The van der Waals surface area contributed by atoms with E-state index >= 15 is 0 Å². The van der Waals surface area contributed by atoms with Crippen LogP contribution in [0.25, 0.3) is 0 Å². The summed E-state index contributed by atoms with van der Waals surface area (Å²) in [5.74, 6) is 0. The van der Waals surface area contributed by atoms with Crippen molar-refractivity contribution in [2.24, 2.45) is 0 Å². The number of hydrogen-bond donors (Lipinski definition) is 0. The summed E-state index contributed by atoms with van der Waals surface area (Å²) in [6.45, 7) is 4.04. The molecule has 0 radical (unpaired) electrons. The summed E-state index contributed by atoms with van der Waals surface area (Å²) in [5, 5.41) is 10.2. The Labute approximate surface area is 164 Å². The summed E-state index contributed by atoms with van der Waals surface area (Å²) in [7, 11) is -1.33. The second-order valence-electron chi connectivity index (χ2n) is 6.79.